The molecule has 2 aromatic heterocycles. The Kier molecular flexibility index (Phi) is 5.46. The number of aryl methyl sites for hydroxylation is 1. The number of aromatic nitrogens is 4. The van der Waals surface area contributed by atoms with Crippen LogP contribution in [-0.2, 0) is 25.4 Å². The van der Waals surface area contributed by atoms with Gasteiger partial charge in [0, 0.05) is 33.2 Å². The number of carbonyl (C=O) groups excluding carboxylic acids is 1. The molecular formula is C16H25N5O4. The van der Waals surface area contributed by atoms with Gasteiger partial charge in [-0.25, -0.2) is 9.78 Å². The molecule has 25 heavy (non-hydrogen) atoms. The van der Waals surface area contributed by atoms with Crippen molar-refractivity contribution in [3.8, 4) is 0 Å². The Balaban J connectivity index is 2.33. The minimum atomic E-state index is -0.704. The van der Waals surface area contributed by atoms with Gasteiger partial charge in [-0.05, 0) is 20.8 Å². The SMILES string of the molecule is CC(O)CC(=O)N(CCn1cnc2c1c(=O)n(C)c(=O)n2C)C(C)C. The summed E-state index contributed by atoms with van der Waals surface area (Å²) in [6.45, 7) is 6.11. The molecule has 1 unspecified atom stereocenters. The summed E-state index contributed by atoms with van der Waals surface area (Å²) in [5.74, 6) is -0.144. The van der Waals surface area contributed by atoms with Gasteiger partial charge in [0.25, 0.3) is 5.56 Å². The average Bonchev–Trinajstić information content (AvgIpc) is 2.94. The fraction of sp³-hybridized carbons (Fsp3) is 0.625. The molecule has 1 amide bonds. The monoisotopic (exact) mass is 351 g/mol. The van der Waals surface area contributed by atoms with Crippen molar-refractivity contribution >= 4 is 17.1 Å². The molecule has 1 atom stereocenters. The second-order valence-corrected chi connectivity index (χ2v) is 6.55. The van der Waals surface area contributed by atoms with Crippen molar-refractivity contribution in [2.45, 2.75) is 45.9 Å². The van der Waals surface area contributed by atoms with E-state index in [2.05, 4.69) is 4.98 Å². The van der Waals surface area contributed by atoms with E-state index in [-0.39, 0.29) is 18.4 Å². The number of hydrogen-bond donors (Lipinski definition) is 1. The summed E-state index contributed by atoms with van der Waals surface area (Å²) in [5, 5.41) is 9.43. The number of aliphatic hydroxyl groups is 1. The lowest BCUT2D eigenvalue weighted by molar-refractivity contribution is -0.134. The molecule has 2 rings (SSSR count). The van der Waals surface area contributed by atoms with E-state index in [1.54, 1.807) is 23.4 Å². The summed E-state index contributed by atoms with van der Waals surface area (Å²) in [6.07, 6.45) is 0.854. The van der Waals surface area contributed by atoms with Crippen LogP contribution in [0.4, 0.5) is 0 Å². The number of carbonyl (C=O) groups is 1. The third-order valence-electron chi connectivity index (χ3n) is 4.21. The Bertz CT molecular complexity index is 890. The standard InChI is InChI=1S/C16H25N5O4/c1-10(2)21(12(23)8-11(3)22)7-6-20-9-17-14-13(20)15(24)19(5)16(25)18(14)4/h9-11,22H,6-8H2,1-5H3. The normalized spacial score (nSPS) is 12.8. The highest BCUT2D eigenvalue weighted by atomic mass is 16.3. The van der Waals surface area contributed by atoms with E-state index >= 15 is 0 Å². The minimum absolute atomic E-state index is 0.0341. The Morgan fingerprint density at radius 3 is 2.44 bits per heavy atom. The van der Waals surface area contributed by atoms with Crippen molar-refractivity contribution < 1.29 is 9.90 Å². The quantitative estimate of drug-likeness (QED) is 0.752. The van der Waals surface area contributed by atoms with Crippen LogP contribution in [0.2, 0.25) is 0 Å². The number of aliphatic hydroxyl groups excluding tert-OH is 1. The molecule has 0 saturated heterocycles. The molecule has 0 fully saturated rings. The smallest absolute Gasteiger partial charge is 0.332 e. The van der Waals surface area contributed by atoms with Crippen LogP contribution in [0.5, 0.6) is 0 Å². The van der Waals surface area contributed by atoms with E-state index in [9.17, 15) is 19.5 Å². The first-order valence-corrected chi connectivity index (χ1v) is 8.23. The summed E-state index contributed by atoms with van der Waals surface area (Å²) in [7, 11) is 2.99. The molecule has 0 saturated carbocycles. The molecule has 2 aromatic rings. The third kappa shape index (κ3) is 3.65. The zero-order valence-corrected chi connectivity index (χ0v) is 15.3. The lowest BCUT2D eigenvalue weighted by atomic mass is 10.2. The van der Waals surface area contributed by atoms with Crippen LogP contribution < -0.4 is 11.2 Å². The topological polar surface area (TPSA) is 102 Å². The van der Waals surface area contributed by atoms with Crippen molar-refractivity contribution in [3.05, 3.63) is 27.2 Å². The van der Waals surface area contributed by atoms with Crippen LogP contribution in [0.25, 0.3) is 11.2 Å². The molecule has 0 bridgehead atoms. The van der Waals surface area contributed by atoms with Crippen molar-refractivity contribution in [2.75, 3.05) is 6.54 Å². The molecule has 0 aliphatic heterocycles. The molecular weight excluding hydrogens is 326 g/mol. The van der Waals surface area contributed by atoms with Gasteiger partial charge in [-0.15, -0.1) is 0 Å². The lowest BCUT2D eigenvalue weighted by Crippen LogP contribution is -2.41. The van der Waals surface area contributed by atoms with Gasteiger partial charge in [0.15, 0.2) is 11.2 Å². The first kappa shape index (κ1) is 18.9. The number of amides is 1. The summed E-state index contributed by atoms with van der Waals surface area (Å²) in [6, 6.07) is -0.0341. The van der Waals surface area contributed by atoms with E-state index < -0.39 is 17.4 Å². The zero-order chi connectivity index (χ0) is 18.9. The fourth-order valence-electron chi connectivity index (χ4n) is 2.82. The van der Waals surface area contributed by atoms with Crippen molar-refractivity contribution in [3.63, 3.8) is 0 Å². The Hall–Kier alpha value is -2.42. The van der Waals surface area contributed by atoms with Gasteiger partial charge in [0.05, 0.1) is 18.9 Å². The summed E-state index contributed by atoms with van der Waals surface area (Å²) < 4.78 is 4.02. The fourth-order valence-corrected chi connectivity index (χ4v) is 2.82. The predicted octanol–water partition coefficient (Wildman–Crippen LogP) is -0.558. The second kappa shape index (κ2) is 7.22. The summed E-state index contributed by atoms with van der Waals surface area (Å²) >= 11 is 0. The van der Waals surface area contributed by atoms with Gasteiger partial charge in [0.2, 0.25) is 5.91 Å². The molecule has 1 N–H and O–H groups in total. The van der Waals surface area contributed by atoms with Gasteiger partial charge < -0.3 is 14.6 Å². The van der Waals surface area contributed by atoms with Crippen LogP contribution >= 0.6 is 0 Å². The zero-order valence-electron chi connectivity index (χ0n) is 15.3. The summed E-state index contributed by atoms with van der Waals surface area (Å²) in [5.41, 5.74) is -0.198. The third-order valence-corrected chi connectivity index (χ3v) is 4.21. The molecule has 9 heteroatoms. The highest BCUT2D eigenvalue weighted by Crippen LogP contribution is 2.08. The second-order valence-electron chi connectivity index (χ2n) is 6.55. The molecule has 9 nitrogen and oxygen atoms in total. The predicted molar refractivity (Wildman–Crippen MR) is 93.4 cm³/mol. The molecule has 0 spiro atoms. The number of imidazole rings is 1. The maximum atomic E-state index is 12.4. The van der Waals surface area contributed by atoms with Gasteiger partial charge in [-0.3, -0.25) is 18.7 Å². The van der Waals surface area contributed by atoms with Gasteiger partial charge in [-0.2, -0.15) is 0 Å². The Morgan fingerprint density at radius 2 is 1.88 bits per heavy atom. The number of hydrogen-bond acceptors (Lipinski definition) is 5. The first-order chi connectivity index (χ1) is 11.6. The van der Waals surface area contributed by atoms with Crippen molar-refractivity contribution in [1.82, 2.24) is 23.6 Å². The first-order valence-electron chi connectivity index (χ1n) is 8.23. The lowest BCUT2D eigenvalue weighted by Gasteiger charge is -2.27. The van der Waals surface area contributed by atoms with E-state index in [1.807, 2.05) is 13.8 Å². The molecule has 0 aromatic carbocycles. The highest BCUT2D eigenvalue weighted by molar-refractivity contribution is 5.77. The highest BCUT2D eigenvalue weighted by Gasteiger charge is 2.20. The van der Waals surface area contributed by atoms with Crippen molar-refractivity contribution in [2.24, 2.45) is 14.1 Å². The summed E-state index contributed by atoms with van der Waals surface area (Å²) in [4.78, 5) is 42.5. The Morgan fingerprint density at radius 1 is 1.24 bits per heavy atom. The maximum Gasteiger partial charge on any atom is 0.332 e. The van der Waals surface area contributed by atoms with E-state index in [4.69, 9.17) is 0 Å². The number of nitrogens with zero attached hydrogens (tertiary/aromatic N) is 5. The molecule has 0 aliphatic rings. The maximum absolute atomic E-state index is 12.4. The van der Waals surface area contributed by atoms with E-state index in [1.165, 1.54) is 17.9 Å². The molecule has 2 heterocycles. The number of rotatable bonds is 6. The molecule has 138 valence electrons. The van der Waals surface area contributed by atoms with E-state index in [0.29, 0.717) is 24.3 Å². The van der Waals surface area contributed by atoms with Crippen LogP contribution in [0, 0.1) is 0 Å². The van der Waals surface area contributed by atoms with E-state index in [0.717, 1.165) is 4.57 Å². The minimum Gasteiger partial charge on any atom is -0.393 e. The van der Waals surface area contributed by atoms with Crippen LogP contribution in [0.15, 0.2) is 15.9 Å². The van der Waals surface area contributed by atoms with Gasteiger partial charge in [-0.1, -0.05) is 0 Å². The van der Waals surface area contributed by atoms with Gasteiger partial charge in [0.1, 0.15) is 0 Å². The molecule has 0 aliphatic carbocycles. The average molecular weight is 351 g/mol. The van der Waals surface area contributed by atoms with Crippen LogP contribution in [0.1, 0.15) is 27.2 Å². The van der Waals surface area contributed by atoms with Gasteiger partial charge >= 0.3 is 5.69 Å². The van der Waals surface area contributed by atoms with Crippen molar-refractivity contribution in [1.29, 1.82) is 0 Å². The molecule has 0 radical (unpaired) electrons. The van der Waals surface area contributed by atoms with Crippen LogP contribution in [0.3, 0.4) is 0 Å². The Labute approximate surface area is 145 Å². The number of fused-ring (bicyclic) bond motifs is 1. The largest absolute Gasteiger partial charge is 0.393 e. The van der Waals surface area contributed by atoms with Crippen LogP contribution in [-0.4, -0.2) is 53.3 Å².